The number of esters is 1. The molecule has 1 fully saturated rings. The van der Waals surface area contributed by atoms with Crippen molar-refractivity contribution in [1.82, 2.24) is 5.06 Å². The van der Waals surface area contributed by atoms with Crippen LogP contribution in [0.5, 0.6) is 0 Å². The van der Waals surface area contributed by atoms with Crippen molar-refractivity contribution in [1.29, 1.82) is 0 Å². The average molecular weight is 381 g/mol. The van der Waals surface area contributed by atoms with Crippen molar-refractivity contribution in [2.45, 2.75) is 57.7 Å². The highest BCUT2D eigenvalue weighted by molar-refractivity contribution is 5.89. The Morgan fingerprint density at radius 1 is 0.786 bits per heavy atom. The number of hydrogen-bond donors (Lipinski definition) is 0. The molecule has 28 heavy (non-hydrogen) atoms. The fourth-order valence-electron chi connectivity index (χ4n) is 4.01. The van der Waals surface area contributed by atoms with Crippen molar-refractivity contribution < 1.29 is 19.2 Å². The van der Waals surface area contributed by atoms with E-state index in [0.29, 0.717) is 24.0 Å². The van der Waals surface area contributed by atoms with Gasteiger partial charge < -0.3 is 9.57 Å². The maximum absolute atomic E-state index is 12.6. The molecule has 0 radical (unpaired) electrons. The summed E-state index contributed by atoms with van der Waals surface area (Å²) < 4.78 is 5.78. The Labute approximate surface area is 166 Å². The largest absolute Gasteiger partial charge is 0.459 e. The van der Waals surface area contributed by atoms with E-state index in [9.17, 15) is 9.59 Å². The molecule has 0 unspecified atom stereocenters. The summed E-state index contributed by atoms with van der Waals surface area (Å²) in [6.07, 6.45) is 0.873. The molecule has 1 saturated heterocycles. The van der Waals surface area contributed by atoms with E-state index in [-0.39, 0.29) is 18.0 Å². The predicted molar refractivity (Wildman–Crippen MR) is 107 cm³/mol. The Bertz CT molecular complexity index is 812. The lowest BCUT2D eigenvalue weighted by atomic mass is 9.80. The summed E-state index contributed by atoms with van der Waals surface area (Å²) in [5.74, 6) is -0.714. The minimum Gasteiger partial charge on any atom is -0.459 e. The van der Waals surface area contributed by atoms with Gasteiger partial charge in [0.05, 0.1) is 22.2 Å². The molecular weight excluding hydrogens is 354 g/mol. The fraction of sp³-hybridized carbons (Fsp3) is 0.391. The van der Waals surface area contributed by atoms with Gasteiger partial charge in [-0.3, -0.25) is 0 Å². The zero-order valence-corrected chi connectivity index (χ0v) is 16.8. The van der Waals surface area contributed by atoms with Crippen molar-refractivity contribution in [3.63, 3.8) is 0 Å². The molecule has 0 spiro atoms. The Balaban J connectivity index is 1.72. The molecule has 1 aliphatic heterocycles. The number of ether oxygens (including phenoxy) is 1. The molecular formula is C23H27NO4. The SMILES string of the molecule is CC1(C)CC(OC(=O)c2ccccc2)CC(C)(C)N1OC(=O)c1ccccc1. The maximum Gasteiger partial charge on any atom is 0.357 e. The third kappa shape index (κ3) is 4.42. The van der Waals surface area contributed by atoms with E-state index in [2.05, 4.69) is 0 Å². The highest BCUT2D eigenvalue weighted by atomic mass is 16.7. The Morgan fingerprint density at radius 3 is 1.68 bits per heavy atom. The maximum atomic E-state index is 12.6. The first-order valence-electron chi connectivity index (χ1n) is 9.53. The summed E-state index contributed by atoms with van der Waals surface area (Å²) in [6.45, 7) is 7.98. The number of rotatable bonds is 4. The van der Waals surface area contributed by atoms with Gasteiger partial charge in [-0.15, -0.1) is 5.06 Å². The first-order valence-corrected chi connectivity index (χ1v) is 9.53. The predicted octanol–water partition coefficient (Wildman–Crippen LogP) is 4.64. The van der Waals surface area contributed by atoms with Crippen molar-refractivity contribution in [3.05, 3.63) is 71.8 Å². The van der Waals surface area contributed by atoms with E-state index in [1.807, 2.05) is 64.1 Å². The minimum atomic E-state index is -0.492. The molecule has 5 nitrogen and oxygen atoms in total. The van der Waals surface area contributed by atoms with Crippen molar-refractivity contribution in [3.8, 4) is 0 Å². The molecule has 0 aromatic heterocycles. The van der Waals surface area contributed by atoms with Gasteiger partial charge in [0.25, 0.3) is 0 Å². The van der Waals surface area contributed by atoms with Crippen LogP contribution >= 0.6 is 0 Å². The number of hydroxylamine groups is 2. The molecule has 3 rings (SSSR count). The van der Waals surface area contributed by atoms with Crippen molar-refractivity contribution in [2.75, 3.05) is 0 Å². The second kappa shape index (κ2) is 7.76. The van der Waals surface area contributed by atoms with Crippen molar-refractivity contribution >= 4 is 11.9 Å². The number of benzene rings is 2. The third-order valence-electron chi connectivity index (χ3n) is 5.02. The van der Waals surface area contributed by atoms with Gasteiger partial charge in [0, 0.05) is 12.8 Å². The van der Waals surface area contributed by atoms with Crippen LogP contribution in [-0.4, -0.2) is 34.2 Å². The monoisotopic (exact) mass is 381 g/mol. The summed E-state index contributed by atoms with van der Waals surface area (Å²) >= 11 is 0. The topological polar surface area (TPSA) is 55.8 Å². The van der Waals surface area contributed by atoms with Crippen LogP contribution in [0.4, 0.5) is 0 Å². The Kier molecular flexibility index (Phi) is 5.57. The standard InChI is InChI=1S/C23H27NO4/c1-22(2)15-19(27-20(25)17-11-7-5-8-12-17)16-23(3,4)24(22)28-21(26)18-13-9-6-10-14-18/h5-14,19H,15-16H2,1-4H3. The first-order chi connectivity index (χ1) is 13.2. The third-order valence-corrected chi connectivity index (χ3v) is 5.02. The van der Waals surface area contributed by atoms with E-state index in [1.54, 1.807) is 29.3 Å². The number of nitrogens with zero attached hydrogens (tertiary/aromatic N) is 1. The smallest absolute Gasteiger partial charge is 0.357 e. The van der Waals surface area contributed by atoms with Gasteiger partial charge >= 0.3 is 11.9 Å². The van der Waals surface area contributed by atoms with Crippen LogP contribution in [0.15, 0.2) is 60.7 Å². The summed E-state index contributed by atoms with van der Waals surface area (Å²) in [5, 5.41) is 1.75. The summed E-state index contributed by atoms with van der Waals surface area (Å²) in [6, 6.07) is 17.9. The zero-order valence-electron chi connectivity index (χ0n) is 16.8. The molecule has 0 saturated carbocycles. The van der Waals surface area contributed by atoms with Gasteiger partial charge in [0.2, 0.25) is 0 Å². The van der Waals surface area contributed by atoms with Gasteiger partial charge in [-0.1, -0.05) is 36.4 Å². The van der Waals surface area contributed by atoms with Crippen LogP contribution in [0.3, 0.4) is 0 Å². The van der Waals surface area contributed by atoms with Gasteiger partial charge in [-0.2, -0.15) is 0 Å². The van der Waals surface area contributed by atoms with Gasteiger partial charge in [0.15, 0.2) is 0 Å². The lowest BCUT2D eigenvalue weighted by molar-refractivity contribution is -0.255. The van der Waals surface area contributed by atoms with Gasteiger partial charge in [-0.25, -0.2) is 9.59 Å². The van der Waals surface area contributed by atoms with E-state index >= 15 is 0 Å². The number of hydrogen-bond acceptors (Lipinski definition) is 5. The molecule has 1 aliphatic rings. The number of piperidine rings is 1. The highest BCUT2D eigenvalue weighted by Crippen LogP contribution is 2.40. The summed E-state index contributed by atoms with van der Waals surface area (Å²) in [4.78, 5) is 30.8. The average Bonchev–Trinajstić information content (AvgIpc) is 2.65. The van der Waals surface area contributed by atoms with E-state index in [4.69, 9.17) is 9.57 Å². The molecule has 5 heteroatoms. The van der Waals surface area contributed by atoms with Crippen LogP contribution in [0.1, 0.15) is 61.3 Å². The quantitative estimate of drug-likeness (QED) is 0.723. The van der Waals surface area contributed by atoms with Crippen LogP contribution in [-0.2, 0) is 9.57 Å². The molecule has 0 atom stereocenters. The van der Waals surface area contributed by atoms with E-state index in [1.165, 1.54) is 0 Å². The van der Waals surface area contributed by atoms with Gasteiger partial charge in [-0.05, 0) is 52.0 Å². The molecule has 0 bridgehead atoms. The number of carbonyl (C=O) groups excluding carboxylic acids is 2. The lowest BCUT2D eigenvalue weighted by Gasteiger charge is -2.52. The Hall–Kier alpha value is -2.66. The molecule has 1 heterocycles. The van der Waals surface area contributed by atoms with Crippen LogP contribution in [0.25, 0.3) is 0 Å². The fourth-order valence-corrected chi connectivity index (χ4v) is 4.01. The minimum absolute atomic E-state index is 0.260. The van der Waals surface area contributed by atoms with Crippen LogP contribution in [0, 0.1) is 0 Å². The Morgan fingerprint density at radius 2 is 1.21 bits per heavy atom. The molecule has 0 aliphatic carbocycles. The van der Waals surface area contributed by atoms with Crippen LogP contribution < -0.4 is 0 Å². The second-order valence-electron chi connectivity index (χ2n) is 8.47. The summed E-state index contributed by atoms with van der Waals surface area (Å²) in [5.41, 5.74) is 0.0598. The molecule has 2 aromatic rings. The van der Waals surface area contributed by atoms with E-state index in [0.717, 1.165) is 0 Å². The second-order valence-corrected chi connectivity index (χ2v) is 8.47. The molecule has 0 N–H and O–H groups in total. The van der Waals surface area contributed by atoms with Gasteiger partial charge in [0.1, 0.15) is 6.10 Å². The summed E-state index contributed by atoms with van der Waals surface area (Å²) in [7, 11) is 0. The van der Waals surface area contributed by atoms with Crippen molar-refractivity contribution in [2.24, 2.45) is 0 Å². The lowest BCUT2D eigenvalue weighted by Crippen LogP contribution is -2.62. The highest BCUT2D eigenvalue weighted by Gasteiger charge is 2.49. The van der Waals surface area contributed by atoms with Crippen LogP contribution in [0.2, 0.25) is 0 Å². The molecule has 0 amide bonds. The molecule has 2 aromatic carbocycles. The molecule has 148 valence electrons. The van der Waals surface area contributed by atoms with E-state index < -0.39 is 11.1 Å². The zero-order chi connectivity index (χ0) is 20.4. The normalized spacial score (nSPS) is 19.0. The first kappa shape index (κ1) is 20.1. The number of carbonyl (C=O) groups is 2.